The second-order valence-corrected chi connectivity index (χ2v) is 4.33. The Hall–Kier alpha value is -3.23. The molecule has 1 aromatic heterocycles. The Balaban J connectivity index is 2.04. The standard InChI is InChI=1S/C12H9N5O4/c18-11(19)9-5-10(16-12(15-9)13-6-14-16)7-1-3-8(4-2-7)17(20)21/h1-6,10H,(H,18,19)(H,13,14,15)/t10-/m1/s1. The number of hydrogen-bond donors (Lipinski definition) is 2. The zero-order valence-electron chi connectivity index (χ0n) is 10.5. The van der Waals surface area contributed by atoms with E-state index in [4.69, 9.17) is 5.11 Å². The zero-order chi connectivity index (χ0) is 15.0. The number of benzene rings is 1. The number of nitrogens with zero attached hydrogens (tertiary/aromatic N) is 4. The largest absolute Gasteiger partial charge is 0.477 e. The van der Waals surface area contributed by atoms with Crippen LogP contribution in [-0.4, -0.2) is 30.8 Å². The van der Waals surface area contributed by atoms with Gasteiger partial charge in [-0.25, -0.2) is 9.48 Å². The highest BCUT2D eigenvalue weighted by Crippen LogP contribution is 2.29. The van der Waals surface area contributed by atoms with Crippen LogP contribution in [0.1, 0.15) is 11.6 Å². The summed E-state index contributed by atoms with van der Waals surface area (Å²) in [6, 6.07) is 5.37. The fourth-order valence-corrected chi connectivity index (χ4v) is 2.09. The number of hydrogen-bond acceptors (Lipinski definition) is 6. The number of carbonyl (C=O) groups is 1. The Bertz CT molecular complexity index is 749. The number of fused-ring (bicyclic) bond motifs is 1. The number of aromatic nitrogens is 3. The topological polar surface area (TPSA) is 123 Å². The molecule has 3 rings (SSSR count). The van der Waals surface area contributed by atoms with E-state index in [-0.39, 0.29) is 11.4 Å². The number of carboxylic acid groups (broad SMARTS) is 1. The minimum Gasteiger partial charge on any atom is -0.477 e. The van der Waals surface area contributed by atoms with Crippen molar-refractivity contribution < 1.29 is 14.8 Å². The first-order valence-corrected chi connectivity index (χ1v) is 5.92. The minimum atomic E-state index is -1.11. The molecule has 9 heteroatoms. The Labute approximate surface area is 117 Å². The molecular formula is C12H9N5O4. The van der Waals surface area contributed by atoms with Gasteiger partial charge >= 0.3 is 5.97 Å². The lowest BCUT2D eigenvalue weighted by atomic mass is 10.0. The average molecular weight is 287 g/mol. The van der Waals surface area contributed by atoms with Crippen LogP contribution in [0.5, 0.6) is 0 Å². The van der Waals surface area contributed by atoms with E-state index in [9.17, 15) is 14.9 Å². The summed E-state index contributed by atoms with van der Waals surface area (Å²) in [5.41, 5.74) is 0.625. The number of anilines is 1. The van der Waals surface area contributed by atoms with Crippen LogP contribution >= 0.6 is 0 Å². The summed E-state index contributed by atoms with van der Waals surface area (Å²) in [6.45, 7) is 0. The van der Waals surface area contributed by atoms with Crippen LogP contribution in [0, 0.1) is 10.1 Å². The normalized spacial score (nSPS) is 16.6. The van der Waals surface area contributed by atoms with Crippen molar-refractivity contribution in [3.8, 4) is 0 Å². The van der Waals surface area contributed by atoms with E-state index in [1.54, 1.807) is 12.1 Å². The molecule has 0 fully saturated rings. The third-order valence-corrected chi connectivity index (χ3v) is 3.08. The third-order valence-electron chi connectivity index (χ3n) is 3.08. The molecular weight excluding hydrogens is 278 g/mol. The van der Waals surface area contributed by atoms with E-state index < -0.39 is 16.9 Å². The van der Waals surface area contributed by atoms with Gasteiger partial charge in [0.1, 0.15) is 18.1 Å². The van der Waals surface area contributed by atoms with Crippen LogP contribution in [0.25, 0.3) is 0 Å². The number of nitro groups is 1. The van der Waals surface area contributed by atoms with Gasteiger partial charge in [-0.1, -0.05) is 0 Å². The Morgan fingerprint density at radius 1 is 1.38 bits per heavy atom. The Kier molecular flexibility index (Phi) is 2.87. The molecule has 9 nitrogen and oxygen atoms in total. The minimum absolute atomic E-state index is 0.0150. The number of nitrogens with one attached hydrogen (secondary N) is 1. The van der Waals surface area contributed by atoms with Gasteiger partial charge in [0.25, 0.3) is 5.69 Å². The number of nitro benzene ring substituents is 1. The molecule has 0 amide bonds. The van der Waals surface area contributed by atoms with Crippen molar-refractivity contribution >= 4 is 17.6 Å². The van der Waals surface area contributed by atoms with E-state index in [0.717, 1.165) is 0 Å². The molecule has 0 saturated heterocycles. The predicted octanol–water partition coefficient (Wildman–Crippen LogP) is 1.17. The fraction of sp³-hybridized carbons (Fsp3) is 0.0833. The summed E-state index contributed by atoms with van der Waals surface area (Å²) in [5, 5.41) is 26.5. The van der Waals surface area contributed by atoms with Gasteiger partial charge in [-0.15, -0.1) is 0 Å². The molecule has 2 aromatic rings. The second kappa shape index (κ2) is 4.71. The van der Waals surface area contributed by atoms with Crippen molar-refractivity contribution in [1.29, 1.82) is 0 Å². The summed E-state index contributed by atoms with van der Waals surface area (Å²) >= 11 is 0. The molecule has 0 radical (unpaired) electrons. The molecule has 0 unspecified atom stereocenters. The number of allylic oxidation sites excluding steroid dienone is 1. The zero-order valence-corrected chi connectivity index (χ0v) is 10.5. The first kappa shape index (κ1) is 12.8. The molecule has 0 spiro atoms. The number of rotatable bonds is 3. The van der Waals surface area contributed by atoms with Crippen molar-refractivity contribution in [3.05, 3.63) is 58.0 Å². The number of carboxylic acids is 1. The van der Waals surface area contributed by atoms with Crippen LogP contribution in [0.15, 0.2) is 42.4 Å². The van der Waals surface area contributed by atoms with Crippen LogP contribution < -0.4 is 5.32 Å². The van der Waals surface area contributed by atoms with Gasteiger partial charge in [-0.3, -0.25) is 10.1 Å². The monoisotopic (exact) mass is 287 g/mol. The lowest BCUT2D eigenvalue weighted by molar-refractivity contribution is -0.384. The molecule has 2 heterocycles. The average Bonchev–Trinajstić information content (AvgIpc) is 2.94. The van der Waals surface area contributed by atoms with E-state index in [2.05, 4.69) is 15.4 Å². The Morgan fingerprint density at radius 3 is 2.71 bits per heavy atom. The van der Waals surface area contributed by atoms with E-state index in [0.29, 0.717) is 11.5 Å². The summed E-state index contributed by atoms with van der Waals surface area (Å²) in [6.07, 6.45) is 2.78. The van der Waals surface area contributed by atoms with Gasteiger partial charge < -0.3 is 10.4 Å². The van der Waals surface area contributed by atoms with Gasteiger partial charge in [0, 0.05) is 12.1 Å². The molecule has 1 aliphatic heterocycles. The molecule has 1 aliphatic rings. The van der Waals surface area contributed by atoms with Gasteiger partial charge in [-0.05, 0) is 23.8 Å². The first-order valence-electron chi connectivity index (χ1n) is 5.92. The maximum Gasteiger partial charge on any atom is 0.352 e. The van der Waals surface area contributed by atoms with Crippen molar-refractivity contribution in [3.63, 3.8) is 0 Å². The van der Waals surface area contributed by atoms with E-state index in [1.165, 1.54) is 29.2 Å². The summed E-state index contributed by atoms with van der Waals surface area (Å²) in [5.74, 6) is -0.811. The number of aliphatic carboxylic acids is 1. The molecule has 1 aromatic carbocycles. The van der Waals surface area contributed by atoms with Crippen molar-refractivity contribution in [2.45, 2.75) is 6.04 Å². The van der Waals surface area contributed by atoms with Gasteiger partial charge in [0.05, 0.1) is 4.92 Å². The molecule has 0 bridgehead atoms. The van der Waals surface area contributed by atoms with Gasteiger partial charge in [-0.2, -0.15) is 10.1 Å². The molecule has 1 atom stereocenters. The highest BCUT2D eigenvalue weighted by molar-refractivity contribution is 5.90. The lowest BCUT2D eigenvalue weighted by Gasteiger charge is -2.22. The lowest BCUT2D eigenvalue weighted by Crippen LogP contribution is -2.24. The van der Waals surface area contributed by atoms with Crippen LogP contribution in [0.3, 0.4) is 0 Å². The molecule has 21 heavy (non-hydrogen) atoms. The van der Waals surface area contributed by atoms with E-state index in [1.807, 2.05) is 0 Å². The summed E-state index contributed by atoms with van der Waals surface area (Å²) < 4.78 is 1.51. The van der Waals surface area contributed by atoms with Crippen LogP contribution in [0.4, 0.5) is 11.6 Å². The highest BCUT2D eigenvalue weighted by atomic mass is 16.6. The molecule has 0 saturated carbocycles. The molecule has 0 aliphatic carbocycles. The molecule has 106 valence electrons. The highest BCUT2D eigenvalue weighted by Gasteiger charge is 2.25. The maximum absolute atomic E-state index is 11.1. The SMILES string of the molecule is O=C(O)C1=C[C@H](c2ccc([N+](=O)[O-])cc2)n2ncnc2N1. The van der Waals surface area contributed by atoms with Crippen molar-refractivity contribution in [1.82, 2.24) is 14.8 Å². The fourth-order valence-electron chi connectivity index (χ4n) is 2.09. The first-order chi connectivity index (χ1) is 10.1. The van der Waals surface area contributed by atoms with Crippen molar-refractivity contribution in [2.75, 3.05) is 5.32 Å². The van der Waals surface area contributed by atoms with Crippen molar-refractivity contribution in [2.24, 2.45) is 0 Å². The number of non-ortho nitro benzene ring substituents is 1. The Morgan fingerprint density at radius 2 is 2.10 bits per heavy atom. The summed E-state index contributed by atoms with van der Waals surface area (Å²) in [4.78, 5) is 25.2. The van der Waals surface area contributed by atoms with Crippen LogP contribution in [-0.2, 0) is 4.79 Å². The quantitative estimate of drug-likeness (QED) is 0.641. The van der Waals surface area contributed by atoms with E-state index >= 15 is 0 Å². The smallest absolute Gasteiger partial charge is 0.352 e. The summed E-state index contributed by atoms with van der Waals surface area (Å²) in [7, 11) is 0. The predicted molar refractivity (Wildman–Crippen MR) is 70.6 cm³/mol. The van der Waals surface area contributed by atoms with Gasteiger partial charge in [0.2, 0.25) is 5.95 Å². The second-order valence-electron chi connectivity index (χ2n) is 4.33. The van der Waals surface area contributed by atoms with Crippen LogP contribution in [0.2, 0.25) is 0 Å². The third kappa shape index (κ3) is 2.20. The molecule has 2 N–H and O–H groups in total. The maximum atomic E-state index is 11.1. The van der Waals surface area contributed by atoms with Gasteiger partial charge in [0.15, 0.2) is 0 Å².